The van der Waals surface area contributed by atoms with Crippen molar-refractivity contribution in [3.8, 4) is 5.75 Å². The third-order valence-electron chi connectivity index (χ3n) is 5.96. The highest BCUT2D eigenvalue weighted by Gasteiger charge is 2.51. The first-order chi connectivity index (χ1) is 16.1. The Morgan fingerprint density at radius 3 is 2.47 bits per heavy atom. The zero-order valence-electron chi connectivity index (χ0n) is 18.9. The lowest BCUT2D eigenvalue weighted by atomic mass is 9.94. The Morgan fingerprint density at radius 2 is 1.88 bits per heavy atom. The molecule has 7 nitrogen and oxygen atoms in total. The maximum atomic E-state index is 14.1. The van der Waals surface area contributed by atoms with E-state index >= 15 is 0 Å². The molecule has 2 unspecified atom stereocenters. The molecule has 180 valence electrons. The minimum atomic E-state index is -3.37. The molecule has 0 radical (unpaired) electrons. The fraction of sp³-hybridized carbons (Fsp3) is 0.360. The summed E-state index contributed by atoms with van der Waals surface area (Å²) in [5, 5.41) is 11.1. The number of hydrogen-bond acceptors (Lipinski definition) is 6. The number of aliphatic hydroxyl groups excluding tert-OH is 1. The molecule has 9 heteroatoms. The molecule has 0 saturated carbocycles. The molecule has 2 atom stereocenters. The third kappa shape index (κ3) is 4.70. The van der Waals surface area contributed by atoms with Crippen LogP contribution in [-0.2, 0) is 19.4 Å². The average molecular weight is 488 g/mol. The van der Waals surface area contributed by atoms with Gasteiger partial charge in [0, 0.05) is 11.6 Å². The Kier molecular flexibility index (Phi) is 6.49. The Balaban J connectivity index is 1.78. The Morgan fingerprint density at radius 1 is 1.18 bits per heavy atom. The molecule has 2 saturated heterocycles. The Bertz CT molecular complexity index is 1250. The largest absolute Gasteiger partial charge is 0.507 e. The number of hydrogen-bond donors (Lipinski definition) is 1. The van der Waals surface area contributed by atoms with Gasteiger partial charge in [-0.2, -0.15) is 0 Å². The van der Waals surface area contributed by atoms with Crippen LogP contribution >= 0.6 is 0 Å². The molecule has 2 aromatic carbocycles. The topological polar surface area (TPSA) is 101 Å². The quantitative estimate of drug-likeness (QED) is 0.380. The molecule has 2 fully saturated rings. The van der Waals surface area contributed by atoms with Crippen molar-refractivity contribution in [3.63, 3.8) is 0 Å². The standard InChI is InChI=1S/C25H26FNO6S/c1-15(2)13-33-20-8-6-16(7-9-20)23(28)21-22(17-4-3-5-18(26)12-17)27(25(30)24(21)29)19-10-11-34(31,32)14-19/h3-9,12,15,19,22,28H,10-11,13-14H2,1-2H3/b23-21-. The molecule has 34 heavy (non-hydrogen) atoms. The van der Waals surface area contributed by atoms with E-state index in [1.165, 1.54) is 23.1 Å². The highest BCUT2D eigenvalue weighted by atomic mass is 32.2. The zero-order chi connectivity index (χ0) is 24.6. The number of ether oxygens (including phenoxy) is 1. The van der Waals surface area contributed by atoms with Crippen molar-refractivity contribution in [2.75, 3.05) is 18.1 Å². The van der Waals surface area contributed by atoms with E-state index in [2.05, 4.69) is 0 Å². The molecule has 4 rings (SSSR count). The van der Waals surface area contributed by atoms with Crippen LogP contribution in [0.2, 0.25) is 0 Å². The lowest BCUT2D eigenvalue weighted by molar-refractivity contribution is -0.141. The van der Waals surface area contributed by atoms with Gasteiger partial charge in [-0.15, -0.1) is 0 Å². The fourth-order valence-corrected chi connectivity index (χ4v) is 6.06. The SMILES string of the molecule is CC(C)COc1ccc(/C(O)=C2/C(=O)C(=O)N(C3CCS(=O)(=O)C3)C2c2cccc(F)c2)cc1. The smallest absolute Gasteiger partial charge is 0.295 e. The van der Waals surface area contributed by atoms with Crippen LogP contribution in [0.15, 0.2) is 54.1 Å². The lowest BCUT2D eigenvalue weighted by Gasteiger charge is -2.30. The van der Waals surface area contributed by atoms with Crippen molar-refractivity contribution >= 4 is 27.3 Å². The number of benzene rings is 2. The van der Waals surface area contributed by atoms with Crippen molar-refractivity contribution in [2.24, 2.45) is 5.92 Å². The van der Waals surface area contributed by atoms with Gasteiger partial charge in [0.2, 0.25) is 0 Å². The number of aliphatic hydroxyl groups is 1. The zero-order valence-corrected chi connectivity index (χ0v) is 19.7. The van der Waals surface area contributed by atoms with Gasteiger partial charge in [-0.1, -0.05) is 26.0 Å². The number of carbonyl (C=O) groups is 2. The number of rotatable bonds is 6. The minimum absolute atomic E-state index is 0.103. The van der Waals surface area contributed by atoms with E-state index in [-0.39, 0.29) is 34.6 Å². The second kappa shape index (κ2) is 9.21. The second-order valence-electron chi connectivity index (χ2n) is 9.05. The van der Waals surface area contributed by atoms with Gasteiger partial charge in [0.25, 0.3) is 11.7 Å². The van der Waals surface area contributed by atoms with Gasteiger partial charge in [-0.3, -0.25) is 9.59 Å². The number of amides is 1. The first kappa shape index (κ1) is 23.9. The summed E-state index contributed by atoms with van der Waals surface area (Å²) in [6.45, 7) is 4.54. The highest BCUT2D eigenvalue weighted by Crippen LogP contribution is 2.42. The highest BCUT2D eigenvalue weighted by molar-refractivity contribution is 7.91. The number of ketones is 1. The number of nitrogens with zero attached hydrogens (tertiary/aromatic N) is 1. The molecular weight excluding hydrogens is 461 g/mol. The molecule has 1 N–H and O–H groups in total. The van der Waals surface area contributed by atoms with Crippen molar-refractivity contribution in [2.45, 2.75) is 32.4 Å². The number of halogens is 1. The number of Topliss-reactive ketones (excluding diaryl/α,β-unsaturated/α-hetero) is 1. The van der Waals surface area contributed by atoms with Gasteiger partial charge in [-0.05, 0) is 54.3 Å². The van der Waals surface area contributed by atoms with Crippen LogP contribution in [0.25, 0.3) is 5.76 Å². The minimum Gasteiger partial charge on any atom is -0.507 e. The third-order valence-corrected chi connectivity index (χ3v) is 7.71. The summed E-state index contributed by atoms with van der Waals surface area (Å²) >= 11 is 0. The lowest BCUT2D eigenvalue weighted by Crippen LogP contribution is -2.40. The first-order valence-corrected chi connectivity index (χ1v) is 12.9. The molecule has 2 heterocycles. The predicted molar refractivity (Wildman–Crippen MR) is 124 cm³/mol. The van der Waals surface area contributed by atoms with Crippen LogP contribution in [0, 0.1) is 11.7 Å². The van der Waals surface area contributed by atoms with Crippen LogP contribution in [0.3, 0.4) is 0 Å². The van der Waals surface area contributed by atoms with Crippen molar-refractivity contribution in [1.29, 1.82) is 0 Å². The van der Waals surface area contributed by atoms with E-state index in [0.717, 1.165) is 0 Å². The molecule has 0 aliphatic carbocycles. The summed E-state index contributed by atoms with van der Waals surface area (Å²) in [5.74, 6) is -2.30. The normalized spacial score (nSPS) is 23.6. The van der Waals surface area contributed by atoms with Crippen LogP contribution < -0.4 is 4.74 Å². The molecule has 2 aliphatic heterocycles. The maximum absolute atomic E-state index is 14.1. The first-order valence-electron chi connectivity index (χ1n) is 11.1. The molecule has 1 amide bonds. The predicted octanol–water partition coefficient (Wildman–Crippen LogP) is 3.47. The summed E-state index contributed by atoms with van der Waals surface area (Å²) in [7, 11) is -3.37. The van der Waals surface area contributed by atoms with Gasteiger partial charge in [0.1, 0.15) is 17.3 Å². The summed E-state index contributed by atoms with van der Waals surface area (Å²) in [4.78, 5) is 27.3. The van der Waals surface area contributed by atoms with Crippen LogP contribution in [-0.4, -0.2) is 54.3 Å². The average Bonchev–Trinajstić information content (AvgIpc) is 3.28. The number of sulfone groups is 1. The monoisotopic (exact) mass is 487 g/mol. The van der Waals surface area contributed by atoms with Crippen LogP contribution in [0.1, 0.15) is 37.4 Å². The molecular formula is C25H26FNO6S. The van der Waals surface area contributed by atoms with E-state index < -0.39 is 45.2 Å². The molecule has 2 aliphatic rings. The molecule has 0 aromatic heterocycles. The number of likely N-dealkylation sites (tertiary alicyclic amines) is 1. The van der Waals surface area contributed by atoms with Gasteiger partial charge in [-0.25, -0.2) is 12.8 Å². The van der Waals surface area contributed by atoms with Crippen LogP contribution in [0.5, 0.6) is 5.75 Å². The summed E-state index contributed by atoms with van der Waals surface area (Å²) in [5.41, 5.74) is 0.369. The number of carbonyl (C=O) groups excluding carboxylic acids is 2. The Labute approximate surface area is 197 Å². The van der Waals surface area contributed by atoms with Crippen LogP contribution in [0.4, 0.5) is 4.39 Å². The second-order valence-corrected chi connectivity index (χ2v) is 11.3. The van der Waals surface area contributed by atoms with Crippen molar-refractivity contribution in [3.05, 3.63) is 71.0 Å². The van der Waals surface area contributed by atoms with Crippen molar-refractivity contribution in [1.82, 2.24) is 4.90 Å². The van der Waals surface area contributed by atoms with E-state index in [9.17, 15) is 27.5 Å². The molecule has 2 aromatic rings. The van der Waals surface area contributed by atoms with E-state index in [4.69, 9.17) is 4.74 Å². The van der Waals surface area contributed by atoms with E-state index in [0.29, 0.717) is 18.3 Å². The summed E-state index contributed by atoms with van der Waals surface area (Å²) in [6.07, 6.45) is 0.170. The summed E-state index contributed by atoms with van der Waals surface area (Å²) < 4.78 is 43.9. The summed E-state index contributed by atoms with van der Waals surface area (Å²) in [6, 6.07) is 9.99. The van der Waals surface area contributed by atoms with Gasteiger partial charge in [0.15, 0.2) is 9.84 Å². The van der Waals surface area contributed by atoms with E-state index in [1.807, 2.05) is 13.8 Å². The van der Waals surface area contributed by atoms with E-state index in [1.54, 1.807) is 30.3 Å². The molecule has 0 bridgehead atoms. The Hall–Kier alpha value is -3.20. The van der Waals surface area contributed by atoms with Gasteiger partial charge in [0.05, 0.1) is 29.7 Å². The van der Waals surface area contributed by atoms with Gasteiger partial charge < -0.3 is 14.7 Å². The van der Waals surface area contributed by atoms with Gasteiger partial charge >= 0.3 is 0 Å². The maximum Gasteiger partial charge on any atom is 0.295 e. The molecule has 0 spiro atoms. The van der Waals surface area contributed by atoms with Crippen molar-refractivity contribution < 1.29 is 32.2 Å². The fourth-order valence-electron chi connectivity index (χ4n) is 4.35.